The minimum Gasteiger partial charge on any atom is -0.296 e. The number of hydrogen-bond donors (Lipinski definition) is 1. The zero-order valence-corrected chi connectivity index (χ0v) is 13.0. The van der Waals surface area contributed by atoms with Crippen LogP contribution in [0.25, 0.3) is 11.1 Å². The molecule has 0 atom stereocenters. The molecule has 0 aliphatic heterocycles. The Morgan fingerprint density at radius 1 is 1.14 bits per heavy atom. The summed E-state index contributed by atoms with van der Waals surface area (Å²) in [6.45, 7) is 3.75. The normalized spacial score (nSPS) is 10.5. The molecule has 5 nitrogen and oxygen atoms in total. The summed E-state index contributed by atoms with van der Waals surface area (Å²) in [6, 6.07) is 7.51. The fourth-order valence-corrected chi connectivity index (χ4v) is 2.74. The number of carbonyl (C=O) groups excluding carboxylic acids is 1. The van der Waals surface area contributed by atoms with Crippen LogP contribution in [0.4, 0.5) is 5.13 Å². The van der Waals surface area contributed by atoms with Gasteiger partial charge < -0.3 is 0 Å². The van der Waals surface area contributed by atoms with Gasteiger partial charge in [-0.25, -0.2) is 9.97 Å². The molecule has 0 aromatic carbocycles. The number of pyridine rings is 2. The first-order chi connectivity index (χ1) is 10.6. The third-order valence-corrected chi connectivity index (χ3v) is 3.90. The predicted molar refractivity (Wildman–Crippen MR) is 87.0 cm³/mol. The molecule has 1 N–H and O–H groups in total. The summed E-state index contributed by atoms with van der Waals surface area (Å²) in [5.41, 5.74) is 3.90. The maximum Gasteiger partial charge on any atom is 0.276 e. The molecule has 0 aliphatic carbocycles. The third kappa shape index (κ3) is 3.17. The highest BCUT2D eigenvalue weighted by molar-refractivity contribution is 7.13. The van der Waals surface area contributed by atoms with Crippen molar-refractivity contribution in [2.45, 2.75) is 13.8 Å². The molecule has 110 valence electrons. The molecule has 0 saturated heterocycles. The molecule has 0 spiro atoms. The fourth-order valence-electron chi connectivity index (χ4n) is 2.06. The van der Waals surface area contributed by atoms with E-state index in [4.69, 9.17) is 0 Å². The highest BCUT2D eigenvalue weighted by Crippen LogP contribution is 2.21. The van der Waals surface area contributed by atoms with E-state index in [1.54, 1.807) is 18.5 Å². The molecule has 1 amide bonds. The number of carbonyl (C=O) groups is 1. The average molecular weight is 310 g/mol. The van der Waals surface area contributed by atoms with Crippen LogP contribution in [0.2, 0.25) is 0 Å². The van der Waals surface area contributed by atoms with Crippen LogP contribution in [0, 0.1) is 13.8 Å². The van der Waals surface area contributed by atoms with E-state index >= 15 is 0 Å². The van der Waals surface area contributed by atoms with Crippen LogP contribution >= 0.6 is 11.3 Å². The minimum absolute atomic E-state index is 0.261. The lowest BCUT2D eigenvalue weighted by molar-refractivity contribution is 0.102. The van der Waals surface area contributed by atoms with Crippen LogP contribution in [-0.4, -0.2) is 20.9 Å². The number of aromatic nitrogens is 3. The largest absolute Gasteiger partial charge is 0.296 e. The first kappa shape index (κ1) is 14.3. The van der Waals surface area contributed by atoms with Crippen LogP contribution < -0.4 is 5.32 Å². The van der Waals surface area contributed by atoms with E-state index in [1.165, 1.54) is 11.3 Å². The molecule has 0 fully saturated rings. The summed E-state index contributed by atoms with van der Waals surface area (Å²) in [4.78, 5) is 25.0. The van der Waals surface area contributed by atoms with E-state index in [2.05, 4.69) is 20.3 Å². The van der Waals surface area contributed by atoms with Gasteiger partial charge in [-0.2, -0.15) is 0 Å². The fraction of sp³-hybridized carbons (Fsp3) is 0.125. The number of nitrogens with zero attached hydrogens (tertiary/aromatic N) is 3. The van der Waals surface area contributed by atoms with Crippen LogP contribution in [0.15, 0.2) is 42.0 Å². The molecule has 22 heavy (non-hydrogen) atoms. The molecule has 3 rings (SSSR count). The lowest BCUT2D eigenvalue weighted by Gasteiger charge is -2.06. The molecule has 3 aromatic rings. The number of hydrogen-bond acceptors (Lipinski definition) is 5. The van der Waals surface area contributed by atoms with E-state index in [0.717, 1.165) is 22.5 Å². The molecule has 6 heteroatoms. The van der Waals surface area contributed by atoms with Crippen LogP contribution in [0.1, 0.15) is 21.9 Å². The second-order valence-electron chi connectivity index (χ2n) is 4.87. The van der Waals surface area contributed by atoms with E-state index in [0.29, 0.717) is 10.8 Å². The van der Waals surface area contributed by atoms with E-state index in [1.807, 2.05) is 37.4 Å². The molecule has 0 bridgehead atoms. The van der Waals surface area contributed by atoms with Gasteiger partial charge in [0.2, 0.25) is 0 Å². The van der Waals surface area contributed by atoms with Crippen LogP contribution in [0.5, 0.6) is 0 Å². The predicted octanol–water partition coefficient (Wildman–Crippen LogP) is 3.47. The van der Waals surface area contributed by atoms with Crippen molar-refractivity contribution in [2.75, 3.05) is 5.32 Å². The van der Waals surface area contributed by atoms with Gasteiger partial charge >= 0.3 is 0 Å². The maximum atomic E-state index is 12.3. The van der Waals surface area contributed by atoms with Gasteiger partial charge in [-0.05, 0) is 37.6 Å². The smallest absolute Gasteiger partial charge is 0.276 e. The standard InChI is InChI=1S/C16H14N4OS/c1-10-6-13(12-4-3-5-17-8-12)7-14(18-10)15(21)20-16-19-11(2)9-22-16/h3-9H,1-2H3,(H,19,20,21). The molecular weight excluding hydrogens is 296 g/mol. The molecule has 0 radical (unpaired) electrons. The Morgan fingerprint density at radius 3 is 2.68 bits per heavy atom. The van der Waals surface area contributed by atoms with Crippen molar-refractivity contribution in [3.05, 3.63) is 59.1 Å². The lowest BCUT2D eigenvalue weighted by atomic mass is 10.1. The van der Waals surface area contributed by atoms with E-state index in [9.17, 15) is 4.79 Å². The van der Waals surface area contributed by atoms with Gasteiger partial charge in [-0.15, -0.1) is 11.3 Å². The van der Waals surface area contributed by atoms with E-state index in [-0.39, 0.29) is 5.91 Å². The Bertz CT molecular complexity index is 814. The summed E-state index contributed by atoms with van der Waals surface area (Å²) < 4.78 is 0. The van der Waals surface area contributed by atoms with Crippen molar-refractivity contribution >= 4 is 22.4 Å². The molecule has 0 unspecified atom stereocenters. The number of anilines is 1. The maximum absolute atomic E-state index is 12.3. The Labute approximate surface area is 132 Å². The van der Waals surface area contributed by atoms with E-state index < -0.39 is 0 Å². The average Bonchev–Trinajstić information content (AvgIpc) is 2.92. The zero-order valence-electron chi connectivity index (χ0n) is 12.2. The van der Waals surface area contributed by atoms with Crippen LogP contribution in [0.3, 0.4) is 0 Å². The minimum atomic E-state index is -0.261. The van der Waals surface area contributed by atoms with Crippen molar-refractivity contribution in [3.63, 3.8) is 0 Å². The third-order valence-electron chi connectivity index (χ3n) is 3.02. The number of thiazole rings is 1. The lowest BCUT2D eigenvalue weighted by Crippen LogP contribution is -2.14. The van der Waals surface area contributed by atoms with Crippen molar-refractivity contribution in [1.82, 2.24) is 15.0 Å². The molecule has 3 aromatic heterocycles. The van der Waals surface area contributed by atoms with Gasteiger partial charge in [0.1, 0.15) is 5.69 Å². The number of aryl methyl sites for hydroxylation is 2. The Hall–Kier alpha value is -2.60. The van der Waals surface area contributed by atoms with Gasteiger partial charge in [0.25, 0.3) is 5.91 Å². The zero-order chi connectivity index (χ0) is 15.5. The highest BCUT2D eigenvalue weighted by Gasteiger charge is 2.12. The van der Waals surface area contributed by atoms with Crippen molar-refractivity contribution < 1.29 is 4.79 Å². The molecule has 0 aliphatic rings. The molecule has 0 saturated carbocycles. The van der Waals surface area contributed by atoms with Gasteiger partial charge in [-0.3, -0.25) is 15.1 Å². The topological polar surface area (TPSA) is 67.8 Å². The summed E-state index contributed by atoms with van der Waals surface area (Å²) >= 11 is 1.40. The van der Waals surface area contributed by atoms with Gasteiger partial charge in [0.15, 0.2) is 5.13 Å². The quantitative estimate of drug-likeness (QED) is 0.804. The highest BCUT2D eigenvalue weighted by atomic mass is 32.1. The Morgan fingerprint density at radius 2 is 2.00 bits per heavy atom. The van der Waals surface area contributed by atoms with Gasteiger partial charge in [0.05, 0.1) is 5.69 Å². The summed E-state index contributed by atoms with van der Waals surface area (Å²) in [5, 5.41) is 5.24. The molecular formula is C16H14N4OS. The van der Waals surface area contributed by atoms with Crippen molar-refractivity contribution in [3.8, 4) is 11.1 Å². The monoisotopic (exact) mass is 310 g/mol. The van der Waals surface area contributed by atoms with Crippen LogP contribution in [-0.2, 0) is 0 Å². The SMILES string of the molecule is Cc1cc(-c2cccnc2)cc(C(=O)Nc2nc(C)cs2)n1. The summed E-state index contributed by atoms with van der Waals surface area (Å²) in [6.07, 6.45) is 3.48. The number of nitrogens with one attached hydrogen (secondary N) is 1. The second kappa shape index (κ2) is 6.03. The van der Waals surface area contributed by atoms with Crippen molar-refractivity contribution in [2.24, 2.45) is 0 Å². The second-order valence-corrected chi connectivity index (χ2v) is 5.73. The van der Waals surface area contributed by atoms with Crippen molar-refractivity contribution in [1.29, 1.82) is 0 Å². The first-order valence-electron chi connectivity index (χ1n) is 6.74. The number of amides is 1. The Kier molecular flexibility index (Phi) is 3.93. The summed E-state index contributed by atoms with van der Waals surface area (Å²) in [5.74, 6) is -0.261. The number of rotatable bonds is 3. The van der Waals surface area contributed by atoms with Gasteiger partial charge in [0, 0.05) is 29.0 Å². The summed E-state index contributed by atoms with van der Waals surface area (Å²) in [7, 11) is 0. The molecule has 3 heterocycles. The van der Waals surface area contributed by atoms with Gasteiger partial charge in [-0.1, -0.05) is 6.07 Å². The first-order valence-corrected chi connectivity index (χ1v) is 7.62. The Balaban J connectivity index is 1.90.